The summed E-state index contributed by atoms with van der Waals surface area (Å²) in [4.78, 5) is 38.7. The first-order chi connectivity index (χ1) is 13.8. The number of ether oxygens (including phenoxy) is 2. The summed E-state index contributed by atoms with van der Waals surface area (Å²) < 4.78 is 10.1. The number of rotatable bonds is 4. The first kappa shape index (κ1) is 21.1. The number of ketones is 1. The van der Waals surface area contributed by atoms with Crippen LogP contribution in [0.1, 0.15) is 38.7 Å². The van der Waals surface area contributed by atoms with Crippen molar-refractivity contribution in [3.05, 3.63) is 57.4 Å². The predicted molar refractivity (Wildman–Crippen MR) is 108 cm³/mol. The molecule has 7 heteroatoms. The number of hydrogen-bond donors (Lipinski definition) is 1. The van der Waals surface area contributed by atoms with Crippen LogP contribution in [0.4, 0.5) is 0 Å². The average Bonchev–Trinajstić information content (AvgIpc) is 2.67. The van der Waals surface area contributed by atoms with Gasteiger partial charge in [0.1, 0.15) is 5.92 Å². The smallest absolute Gasteiger partial charge is 0.336 e. The van der Waals surface area contributed by atoms with Crippen molar-refractivity contribution in [2.75, 3.05) is 13.7 Å². The van der Waals surface area contributed by atoms with E-state index in [4.69, 9.17) is 21.1 Å². The number of Topliss-reactive ketones (excluding diaryl/α,β-unsaturated/α-hetero) is 1. The molecule has 0 saturated carbocycles. The highest BCUT2D eigenvalue weighted by Crippen LogP contribution is 2.46. The molecule has 0 amide bonds. The molecule has 1 N–H and O–H groups in total. The number of hydrogen-bond acceptors (Lipinski definition) is 6. The topological polar surface area (TPSA) is 81.7 Å². The van der Waals surface area contributed by atoms with Crippen molar-refractivity contribution in [1.82, 2.24) is 5.32 Å². The van der Waals surface area contributed by atoms with E-state index in [2.05, 4.69) is 5.32 Å². The molecule has 0 unspecified atom stereocenters. The quantitative estimate of drug-likeness (QED) is 0.596. The SMILES string of the molecule is CCOC(=O)C1=C(C)NC2=C(C(=O)[C@H](C(=O)OC)[C@H](C)C2)[C@@H]1c1ccccc1Cl. The first-order valence-corrected chi connectivity index (χ1v) is 9.93. The zero-order valence-corrected chi connectivity index (χ0v) is 17.6. The lowest BCUT2D eigenvalue weighted by Crippen LogP contribution is -2.43. The molecular formula is C22H24ClNO5. The van der Waals surface area contributed by atoms with Crippen LogP contribution in [-0.4, -0.2) is 31.4 Å². The van der Waals surface area contributed by atoms with Gasteiger partial charge in [-0.2, -0.15) is 0 Å². The van der Waals surface area contributed by atoms with Crippen LogP contribution in [0.5, 0.6) is 0 Å². The van der Waals surface area contributed by atoms with Crippen molar-refractivity contribution in [3.63, 3.8) is 0 Å². The van der Waals surface area contributed by atoms with Crippen LogP contribution < -0.4 is 5.32 Å². The third-order valence-corrected chi connectivity index (χ3v) is 5.80. The molecule has 1 heterocycles. The fourth-order valence-electron chi connectivity index (χ4n) is 4.18. The summed E-state index contributed by atoms with van der Waals surface area (Å²) in [5.41, 5.74) is 2.64. The van der Waals surface area contributed by atoms with Gasteiger partial charge in [0, 0.05) is 27.9 Å². The molecule has 6 nitrogen and oxygen atoms in total. The molecule has 0 aromatic heterocycles. The minimum absolute atomic E-state index is 0.201. The van der Waals surface area contributed by atoms with Gasteiger partial charge in [0.2, 0.25) is 0 Å². The highest BCUT2D eigenvalue weighted by molar-refractivity contribution is 6.31. The van der Waals surface area contributed by atoms with Crippen molar-refractivity contribution in [2.45, 2.75) is 33.1 Å². The standard InChI is InChI=1S/C22H24ClNO5/c1-5-29-22(27)17-12(3)24-15-10-11(2)16(21(26)28-4)20(25)19(15)18(17)13-8-6-7-9-14(13)23/h6-9,11,16,18,24H,5,10H2,1-4H3/t11-,16-,18-/m1/s1. The molecule has 1 aliphatic carbocycles. The third kappa shape index (κ3) is 3.69. The highest BCUT2D eigenvalue weighted by Gasteiger charge is 2.47. The van der Waals surface area contributed by atoms with E-state index in [1.807, 2.05) is 6.92 Å². The van der Waals surface area contributed by atoms with Gasteiger partial charge in [0.25, 0.3) is 0 Å². The maximum absolute atomic E-state index is 13.5. The van der Waals surface area contributed by atoms with E-state index in [1.54, 1.807) is 38.1 Å². The molecule has 3 rings (SSSR count). The highest BCUT2D eigenvalue weighted by atomic mass is 35.5. The van der Waals surface area contributed by atoms with Gasteiger partial charge in [-0.1, -0.05) is 36.7 Å². The second-order valence-corrected chi connectivity index (χ2v) is 7.68. The number of benzene rings is 1. The Hall–Kier alpha value is -2.60. The van der Waals surface area contributed by atoms with Crippen LogP contribution in [0.15, 0.2) is 46.8 Å². The summed E-state index contributed by atoms with van der Waals surface area (Å²) in [5.74, 6) is -3.31. The van der Waals surface area contributed by atoms with Crippen molar-refractivity contribution < 1.29 is 23.9 Å². The number of nitrogens with one attached hydrogen (secondary N) is 1. The summed E-state index contributed by atoms with van der Waals surface area (Å²) >= 11 is 6.47. The van der Waals surface area contributed by atoms with Gasteiger partial charge in [-0.05, 0) is 37.8 Å². The van der Waals surface area contributed by atoms with Crippen LogP contribution in [0.3, 0.4) is 0 Å². The average molecular weight is 418 g/mol. The largest absolute Gasteiger partial charge is 0.468 e. The summed E-state index contributed by atoms with van der Waals surface area (Å²) in [6, 6.07) is 7.08. The number of methoxy groups -OCH3 is 1. The van der Waals surface area contributed by atoms with Crippen LogP contribution in [-0.2, 0) is 23.9 Å². The van der Waals surface area contributed by atoms with Crippen LogP contribution in [0.2, 0.25) is 5.02 Å². The van der Waals surface area contributed by atoms with Gasteiger partial charge < -0.3 is 14.8 Å². The van der Waals surface area contributed by atoms with Crippen molar-refractivity contribution in [3.8, 4) is 0 Å². The van der Waals surface area contributed by atoms with Gasteiger partial charge in [0.05, 0.1) is 19.3 Å². The fraction of sp³-hybridized carbons (Fsp3) is 0.409. The van der Waals surface area contributed by atoms with Crippen molar-refractivity contribution in [1.29, 1.82) is 0 Å². The number of allylic oxidation sites excluding steroid dienone is 3. The first-order valence-electron chi connectivity index (χ1n) is 9.56. The van der Waals surface area contributed by atoms with Gasteiger partial charge in [-0.25, -0.2) is 4.79 Å². The summed E-state index contributed by atoms with van der Waals surface area (Å²) in [6.45, 7) is 5.54. The van der Waals surface area contributed by atoms with E-state index in [0.717, 1.165) is 0 Å². The lowest BCUT2D eigenvalue weighted by Gasteiger charge is -2.38. The summed E-state index contributed by atoms with van der Waals surface area (Å²) in [7, 11) is 1.27. The Morgan fingerprint density at radius 2 is 1.97 bits per heavy atom. The molecule has 1 aromatic carbocycles. The lowest BCUT2D eigenvalue weighted by atomic mass is 9.69. The third-order valence-electron chi connectivity index (χ3n) is 5.45. The molecule has 0 fully saturated rings. The Morgan fingerprint density at radius 1 is 1.28 bits per heavy atom. The molecule has 2 aliphatic rings. The molecule has 154 valence electrons. The van der Waals surface area contributed by atoms with Crippen molar-refractivity contribution in [2.24, 2.45) is 11.8 Å². The van der Waals surface area contributed by atoms with E-state index >= 15 is 0 Å². The van der Waals surface area contributed by atoms with E-state index in [-0.39, 0.29) is 18.3 Å². The molecular weight excluding hydrogens is 394 g/mol. The molecule has 0 spiro atoms. The van der Waals surface area contributed by atoms with E-state index in [0.29, 0.717) is 39.5 Å². The van der Waals surface area contributed by atoms with Crippen LogP contribution >= 0.6 is 11.6 Å². The Labute approximate surface area is 174 Å². The zero-order chi connectivity index (χ0) is 21.3. The molecule has 1 aromatic rings. The van der Waals surface area contributed by atoms with Crippen molar-refractivity contribution >= 4 is 29.3 Å². The Bertz CT molecular complexity index is 933. The Morgan fingerprint density at radius 3 is 2.59 bits per heavy atom. The monoisotopic (exact) mass is 417 g/mol. The second kappa shape index (κ2) is 8.41. The zero-order valence-electron chi connectivity index (χ0n) is 16.9. The second-order valence-electron chi connectivity index (χ2n) is 7.28. The number of halogens is 1. The number of carbonyl (C=O) groups is 3. The maximum Gasteiger partial charge on any atom is 0.336 e. The molecule has 0 saturated heterocycles. The Kier molecular flexibility index (Phi) is 6.13. The molecule has 0 bridgehead atoms. The molecule has 1 aliphatic heterocycles. The normalized spacial score (nSPS) is 24.0. The van der Waals surface area contributed by atoms with E-state index in [1.165, 1.54) is 7.11 Å². The maximum atomic E-state index is 13.5. The van der Waals surface area contributed by atoms with Gasteiger partial charge in [-0.15, -0.1) is 0 Å². The van der Waals surface area contributed by atoms with Gasteiger partial charge >= 0.3 is 11.9 Å². The van der Waals surface area contributed by atoms with Crippen LogP contribution in [0.25, 0.3) is 0 Å². The number of esters is 2. The predicted octanol–water partition coefficient (Wildman–Crippen LogP) is 3.52. The van der Waals surface area contributed by atoms with Gasteiger partial charge in [0.15, 0.2) is 5.78 Å². The Balaban J connectivity index is 2.21. The van der Waals surface area contributed by atoms with E-state index < -0.39 is 23.8 Å². The summed E-state index contributed by atoms with van der Waals surface area (Å²) in [6.07, 6.45) is 0.481. The lowest BCUT2D eigenvalue weighted by molar-refractivity contribution is -0.151. The molecule has 3 atom stereocenters. The fourth-order valence-corrected chi connectivity index (χ4v) is 4.42. The molecule has 29 heavy (non-hydrogen) atoms. The minimum atomic E-state index is -0.924. The van der Waals surface area contributed by atoms with Crippen LogP contribution in [0, 0.1) is 11.8 Å². The minimum Gasteiger partial charge on any atom is -0.468 e. The molecule has 0 radical (unpaired) electrons. The van der Waals surface area contributed by atoms with Gasteiger partial charge in [-0.3, -0.25) is 9.59 Å². The summed E-state index contributed by atoms with van der Waals surface area (Å²) in [5, 5.41) is 3.64. The van der Waals surface area contributed by atoms with E-state index in [9.17, 15) is 14.4 Å². The number of dihydropyridines is 1. The number of carbonyl (C=O) groups excluding carboxylic acids is 3.